The molecule has 0 aromatic heterocycles. The van der Waals surface area contributed by atoms with Gasteiger partial charge in [-0.1, -0.05) is 48.5 Å². The molecule has 2 N–H and O–H groups in total. The van der Waals surface area contributed by atoms with Gasteiger partial charge in [-0.25, -0.2) is 13.2 Å². The highest BCUT2D eigenvalue weighted by Gasteiger charge is 2.48. The van der Waals surface area contributed by atoms with Crippen LogP contribution in [0.5, 0.6) is 0 Å². The number of carbonyl (C=O) groups excluding carboxylic acids is 4. The van der Waals surface area contributed by atoms with Crippen LogP contribution in [-0.2, 0) is 44.0 Å². The number of anilines is 1. The van der Waals surface area contributed by atoms with E-state index in [9.17, 15) is 27.6 Å². The summed E-state index contributed by atoms with van der Waals surface area (Å²) in [7, 11) is -3.50. The molecule has 1 fully saturated rings. The Morgan fingerprint density at radius 2 is 1.53 bits per heavy atom. The summed E-state index contributed by atoms with van der Waals surface area (Å²) in [5, 5.41) is 5.22. The largest absolute Gasteiger partial charge is 0.427 e. The summed E-state index contributed by atoms with van der Waals surface area (Å²) >= 11 is 0. The fraction of sp³-hybridized carbons (Fsp3) is 0.543. The zero-order chi connectivity index (χ0) is 36.2. The number of alkyl carbamates (subject to hydrolysis) is 1. The monoisotopic (exact) mass is 700 g/mol. The molecular formula is C35H48N4O9S. The normalized spacial score (nSPS) is 17.1. The number of nitrogens with one attached hydrogen (secondary N) is 2. The van der Waals surface area contributed by atoms with Gasteiger partial charge in [0.25, 0.3) is 0 Å². The minimum absolute atomic E-state index is 0.143. The molecule has 2 atom stereocenters. The molecule has 2 aliphatic heterocycles. The third kappa shape index (κ3) is 9.09. The maximum Gasteiger partial charge on any atom is 0.410 e. The Hall–Kier alpha value is -4.17. The first-order chi connectivity index (χ1) is 22.8. The Kier molecular flexibility index (Phi) is 11.3. The minimum Gasteiger partial charge on any atom is -0.427 e. The highest BCUT2D eigenvalue weighted by molar-refractivity contribution is 7.92. The van der Waals surface area contributed by atoms with Crippen molar-refractivity contribution in [2.45, 2.75) is 77.5 Å². The number of para-hydroxylation sites is 1. The van der Waals surface area contributed by atoms with E-state index in [0.717, 1.165) is 11.1 Å². The molecule has 49 heavy (non-hydrogen) atoms. The molecule has 0 radical (unpaired) electrons. The van der Waals surface area contributed by atoms with Crippen molar-refractivity contribution < 1.29 is 41.8 Å². The van der Waals surface area contributed by atoms with Gasteiger partial charge in [-0.3, -0.25) is 18.7 Å². The molecule has 13 nitrogen and oxygen atoms in total. The van der Waals surface area contributed by atoms with Crippen molar-refractivity contribution in [2.24, 2.45) is 5.41 Å². The average molecular weight is 701 g/mol. The van der Waals surface area contributed by atoms with E-state index in [2.05, 4.69) is 10.6 Å². The van der Waals surface area contributed by atoms with Crippen LogP contribution in [0.4, 0.5) is 10.5 Å². The SMILES string of the molecule is CC(OC[C@@H](NC(=O)C(C)(C)NC(=O)OCOC(=O)C(C)(C)C)C(=O)N1CCC2(CC1)CN(S(C)(=O)=O)c1ccccc12)c1ccccc1. The van der Waals surface area contributed by atoms with E-state index in [1.54, 1.807) is 25.7 Å². The second-order valence-electron chi connectivity index (χ2n) is 14.3. The van der Waals surface area contributed by atoms with Crippen molar-refractivity contribution in [3.8, 4) is 0 Å². The van der Waals surface area contributed by atoms with Crippen LogP contribution >= 0.6 is 0 Å². The Morgan fingerprint density at radius 3 is 2.14 bits per heavy atom. The summed E-state index contributed by atoms with van der Waals surface area (Å²) < 4.78 is 42.7. The molecule has 0 aliphatic carbocycles. The Morgan fingerprint density at radius 1 is 0.918 bits per heavy atom. The topological polar surface area (TPSA) is 161 Å². The van der Waals surface area contributed by atoms with Gasteiger partial charge in [-0.2, -0.15) is 0 Å². The fourth-order valence-electron chi connectivity index (χ4n) is 5.96. The molecule has 1 unspecified atom stereocenters. The second-order valence-corrected chi connectivity index (χ2v) is 16.2. The second kappa shape index (κ2) is 14.8. The Bertz CT molecular complexity index is 1630. The molecule has 2 aromatic rings. The Balaban J connectivity index is 1.45. The maximum absolute atomic E-state index is 14.1. The molecule has 2 aliphatic rings. The molecule has 0 bridgehead atoms. The number of hydrogen-bond donors (Lipinski definition) is 2. The van der Waals surface area contributed by atoms with Crippen molar-refractivity contribution in [3.05, 3.63) is 65.7 Å². The number of esters is 1. The summed E-state index contributed by atoms with van der Waals surface area (Å²) in [4.78, 5) is 53.7. The molecule has 0 saturated carbocycles. The molecule has 2 aromatic carbocycles. The van der Waals surface area contributed by atoms with E-state index >= 15 is 0 Å². The number of ether oxygens (including phenoxy) is 3. The lowest BCUT2D eigenvalue weighted by Gasteiger charge is -2.41. The third-order valence-electron chi connectivity index (χ3n) is 8.98. The van der Waals surface area contributed by atoms with Crippen LogP contribution in [0, 0.1) is 5.41 Å². The lowest BCUT2D eigenvalue weighted by atomic mass is 9.74. The smallest absolute Gasteiger partial charge is 0.410 e. The minimum atomic E-state index is -3.50. The average Bonchev–Trinajstić information content (AvgIpc) is 3.36. The predicted molar refractivity (Wildman–Crippen MR) is 183 cm³/mol. The van der Waals surface area contributed by atoms with Gasteiger partial charge in [-0.05, 0) is 71.6 Å². The number of carbonyl (C=O) groups is 4. The summed E-state index contributed by atoms with van der Waals surface area (Å²) in [5.74, 6) is -1.58. The van der Waals surface area contributed by atoms with Crippen molar-refractivity contribution >= 4 is 39.6 Å². The van der Waals surface area contributed by atoms with Crippen molar-refractivity contribution in [1.29, 1.82) is 0 Å². The van der Waals surface area contributed by atoms with E-state index in [1.807, 2.05) is 61.5 Å². The van der Waals surface area contributed by atoms with Crippen LogP contribution in [0.15, 0.2) is 54.6 Å². The van der Waals surface area contributed by atoms with Gasteiger partial charge in [0.15, 0.2) is 0 Å². The summed E-state index contributed by atoms with van der Waals surface area (Å²) in [5.41, 5.74) is -0.242. The van der Waals surface area contributed by atoms with Crippen LogP contribution in [0.3, 0.4) is 0 Å². The van der Waals surface area contributed by atoms with Gasteiger partial charge < -0.3 is 29.7 Å². The van der Waals surface area contributed by atoms with E-state index in [4.69, 9.17) is 14.2 Å². The first kappa shape index (κ1) is 37.6. The van der Waals surface area contributed by atoms with Crippen LogP contribution in [0.2, 0.25) is 0 Å². The molecule has 14 heteroatoms. The number of rotatable bonds is 11. The molecular weight excluding hydrogens is 652 g/mol. The van der Waals surface area contributed by atoms with E-state index in [0.29, 0.717) is 38.2 Å². The highest BCUT2D eigenvalue weighted by Crippen LogP contribution is 2.47. The van der Waals surface area contributed by atoms with Crippen molar-refractivity contribution in [1.82, 2.24) is 15.5 Å². The molecule has 1 saturated heterocycles. The molecule has 2 heterocycles. The lowest BCUT2D eigenvalue weighted by Crippen LogP contribution is -2.61. The van der Waals surface area contributed by atoms with E-state index in [1.165, 1.54) is 24.4 Å². The molecule has 1 spiro atoms. The molecule has 4 rings (SSSR count). The number of likely N-dealkylation sites (tertiary alicyclic amines) is 1. The first-order valence-electron chi connectivity index (χ1n) is 16.3. The van der Waals surface area contributed by atoms with E-state index in [-0.39, 0.29) is 18.6 Å². The number of piperidine rings is 1. The molecule has 268 valence electrons. The summed E-state index contributed by atoms with van der Waals surface area (Å²) in [6.45, 7) is 9.95. The van der Waals surface area contributed by atoms with E-state index < -0.39 is 57.2 Å². The van der Waals surface area contributed by atoms with Gasteiger partial charge in [-0.15, -0.1) is 0 Å². The Labute approximate surface area is 288 Å². The lowest BCUT2D eigenvalue weighted by molar-refractivity contribution is -0.161. The summed E-state index contributed by atoms with van der Waals surface area (Å²) in [6.07, 6.45) is 0.889. The van der Waals surface area contributed by atoms with Gasteiger partial charge in [0.05, 0.1) is 30.1 Å². The third-order valence-corrected chi connectivity index (χ3v) is 10.1. The van der Waals surface area contributed by atoms with Gasteiger partial charge in [0.1, 0.15) is 11.6 Å². The van der Waals surface area contributed by atoms with Crippen LogP contribution in [0.25, 0.3) is 0 Å². The summed E-state index contributed by atoms with van der Waals surface area (Å²) in [6, 6.07) is 15.8. The van der Waals surface area contributed by atoms with Crippen LogP contribution < -0.4 is 14.9 Å². The molecule has 3 amide bonds. The maximum atomic E-state index is 14.1. The number of nitrogens with zero attached hydrogens (tertiary/aromatic N) is 2. The zero-order valence-corrected chi connectivity index (χ0v) is 30.1. The number of sulfonamides is 1. The predicted octanol–water partition coefficient (Wildman–Crippen LogP) is 3.64. The van der Waals surface area contributed by atoms with Crippen molar-refractivity contribution in [2.75, 3.05) is 43.6 Å². The zero-order valence-electron chi connectivity index (χ0n) is 29.3. The van der Waals surface area contributed by atoms with Gasteiger partial charge in [0, 0.05) is 25.0 Å². The highest BCUT2D eigenvalue weighted by atomic mass is 32.2. The van der Waals surface area contributed by atoms with Crippen LogP contribution in [-0.4, -0.2) is 88.1 Å². The van der Waals surface area contributed by atoms with Gasteiger partial charge >= 0.3 is 12.1 Å². The fourth-order valence-corrected chi connectivity index (χ4v) is 6.96. The number of fused-ring (bicyclic) bond motifs is 2. The quantitative estimate of drug-likeness (QED) is 0.264. The van der Waals surface area contributed by atoms with Crippen LogP contribution in [0.1, 0.15) is 71.6 Å². The number of hydrogen-bond acceptors (Lipinski definition) is 9. The number of amides is 3. The first-order valence-corrected chi connectivity index (χ1v) is 18.1. The van der Waals surface area contributed by atoms with Crippen molar-refractivity contribution in [3.63, 3.8) is 0 Å². The number of benzene rings is 2. The van der Waals surface area contributed by atoms with Gasteiger partial charge in [0.2, 0.25) is 28.6 Å². The standard InChI is InChI=1S/C35H48N4O9S/c1-24(25-13-9-8-10-14-25)46-21-27(36-30(41)34(5,6)37-32(43)48-23-47-31(42)33(2,3)4)29(40)38-19-17-35(18-20-38)22-39(49(7,44)45)28-16-12-11-15-26(28)35/h8-16,24,27H,17-23H2,1-7H3,(H,36,41)(H,37,43)/t24?,27-/m1/s1.